The van der Waals surface area contributed by atoms with Crippen molar-refractivity contribution in [1.29, 1.82) is 0 Å². The molecule has 0 saturated carbocycles. The molecular formula is C13H26N2O4. The van der Waals surface area contributed by atoms with Crippen LogP contribution >= 0.6 is 0 Å². The standard InChI is InChI=1S/C13H26N2O4/c1-5-15(6-2)12(16)10-14(4)8-9-18-11-13(17)19-7-3/h5-11H2,1-4H3. The zero-order chi connectivity index (χ0) is 14.7. The van der Waals surface area contributed by atoms with Gasteiger partial charge in [-0.25, -0.2) is 4.79 Å². The number of amides is 1. The number of carbonyl (C=O) groups excluding carboxylic acids is 2. The summed E-state index contributed by atoms with van der Waals surface area (Å²) in [6, 6.07) is 0. The van der Waals surface area contributed by atoms with Crippen LogP contribution in [0.4, 0.5) is 0 Å². The summed E-state index contributed by atoms with van der Waals surface area (Å²) in [5.41, 5.74) is 0. The molecule has 0 heterocycles. The molecule has 19 heavy (non-hydrogen) atoms. The van der Waals surface area contributed by atoms with Crippen molar-refractivity contribution in [2.45, 2.75) is 20.8 Å². The number of hydrogen-bond donors (Lipinski definition) is 0. The van der Waals surface area contributed by atoms with Gasteiger partial charge < -0.3 is 14.4 Å². The predicted molar refractivity (Wildman–Crippen MR) is 72.9 cm³/mol. The highest BCUT2D eigenvalue weighted by molar-refractivity contribution is 5.78. The van der Waals surface area contributed by atoms with Gasteiger partial charge in [0.15, 0.2) is 0 Å². The first kappa shape index (κ1) is 17.9. The van der Waals surface area contributed by atoms with Crippen molar-refractivity contribution in [2.75, 3.05) is 53.0 Å². The third-order valence-electron chi connectivity index (χ3n) is 2.66. The number of esters is 1. The lowest BCUT2D eigenvalue weighted by Crippen LogP contribution is -2.39. The van der Waals surface area contributed by atoms with Crippen molar-refractivity contribution in [3.63, 3.8) is 0 Å². The third-order valence-corrected chi connectivity index (χ3v) is 2.66. The summed E-state index contributed by atoms with van der Waals surface area (Å²) in [6.45, 7) is 8.83. The molecular weight excluding hydrogens is 248 g/mol. The Balaban J connectivity index is 3.72. The van der Waals surface area contributed by atoms with Crippen LogP contribution in [0.5, 0.6) is 0 Å². The van der Waals surface area contributed by atoms with E-state index in [1.807, 2.05) is 25.8 Å². The zero-order valence-corrected chi connectivity index (χ0v) is 12.5. The molecule has 0 aromatic rings. The van der Waals surface area contributed by atoms with Crippen LogP contribution in [0.15, 0.2) is 0 Å². The van der Waals surface area contributed by atoms with Gasteiger partial charge in [-0.1, -0.05) is 0 Å². The predicted octanol–water partition coefficient (Wildman–Crippen LogP) is 0.366. The fourth-order valence-electron chi connectivity index (χ4n) is 1.56. The second-order valence-electron chi connectivity index (χ2n) is 4.16. The maximum Gasteiger partial charge on any atom is 0.332 e. The Bertz CT molecular complexity index is 267. The molecule has 6 heteroatoms. The maximum absolute atomic E-state index is 11.8. The molecule has 0 unspecified atom stereocenters. The first-order valence-corrected chi connectivity index (χ1v) is 6.74. The van der Waals surface area contributed by atoms with E-state index in [0.717, 1.165) is 13.1 Å². The zero-order valence-electron chi connectivity index (χ0n) is 12.5. The molecule has 0 radical (unpaired) electrons. The van der Waals surface area contributed by atoms with Crippen LogP contribution in [0.1, 0.15) is 20.8 Å². The number of rotatable bonds is 10. The van der Waals surface area contributed by atoms with E-state index in [1.54, 1.807) is 11.8 Å². The largest absolute Gasteiger partial charge is 0.464 e. The minimum Gasteiger partial charge on any atom is -0.464 e. The van der Waals surface area contributed by atoms with E-state index in [0.29, 0.717) is 26.3 Å². The third kappa shape index (κ3) is 8.56. The van der Waals surface area contributed by atoms with Crippen LogP contribution in [0.25, 0.3) is 0 Å². The van der Waals surface area contributed by atoms with E-state index >= 15 is 0 Å². The van der Waals surface area contributed by atoms with Crippen molar-refractivity contribution >= 4 is 11.9 Å². The van der Waals surface area contributed by atoms with Gasteiger partial charge in [0.05, 0.1) is 19.8 Å². The molecule has 0 aliphatic heterocycles. The van der Waals surface area contributed by atoms with E-state index in [4.69, 9.17) is 9.47 Å². The summed E-state index contributed by atoms with van der Waals surface area (Å²) in [5.74, 6) is -0.248. The number of nitrogens with zero attached hydrogens (tertiary/aromatic N) is 2. The molecule has 0 rings (SSSR count). The number of hydrogen-bond acceptors (Lipinski definition) is 5. The Hall–Kier alpha value is -1.14. The van der Waals surface area contributed by atoms with Gasteiger partial charge in [-0.15, -0.1) is 0 Å². The Kier molecular flexibility index (Phi) is 10.1. The van der Waals surface area contributed by atoms with Gasteiger partial charge in [0.1, 0.15) is 6.61 Å². The molecule has 0 N–H and O–H groups in total. The van der Waals surface area contributed by atoms with Crippen LogP contribution in [0.2, 0.25) is 0 Å². The van der Waals surface area contributed by atoms with Crippen molar-refractivity contribution < 1.29 is 19.1 Å². The Morgan fingerprint density at radius 3 is 2.26 bits per heavy atom. The minimum absolute atomic E-state index is 0.0360. The summed E-state index contributed by atoms with van der Waals surface area (Å²) in [7, 11) is 1.86. The Morgan fingerprint density at radius 1 is 1.11 bits per heavy atom. The second-order valence-corrected chi connectivity index (χ2v) is 4.16. The van der Waals surface area contributed by atoms with Gasteiger partial charge >= 0.3 is 5.97 Å². The maximum atomic E-state index is 11.8. The van der Waals surface area contributed by atoms with Gasteiger partial charge in [-0.05, 0) is 27.8 Å². The van der Waals surface area contributed by atoms with E-state index < -0.39 is 0 Å². The lowest BCUT2D eigenvalue weighted by molar-refractivity contribution is -0.148. The van der Waals surface area contributed by atoms with Crippen molar-refractivity contribution in [3.05, 3.63) is 0 Å². The summed E-state index contributed by atoms with van der Waals surface area (Å²) in [5, 5.41) is 0. The molecule has 0 aliphatic rings. The molecule has 0 bridgehead atoms. The highest BCUT2D eigenvalue weighted by Gasteiger charge is 2.12. The molecule has 0 aliphatic carbocycles. The van der Waals surface area contributed by atoms with Gasteiger partial charge in [0, 0.05) is 19.6 Å². The molecule has 0 aromatic carbocycles. The summed E-state index contributed by atoms with van der Waals surface area (Å²) in [6.07, 6.45) is 0. The quantitative estimate of drug-likeness (QED) is 0.425. The van der Waals surface area contributed by atoms with Crippen molar-refractivity contribution in [3.8, 4) is 0 Å². The highest BCUT2D eigenvalue weighted by atomic mass is 16.6. The molecule has 6 nitrogen and oxygen atoms in total. The molecule has 0 saturated heterocycles. The van der Waals surface area contributed by atoms with E-state index in [-0.39, 0.29) is 18.5 Å². The highest BCUT2D eigenvalue weighted by Crippen LogP contribution is 1.92. The summed E-state index contributed by atoms with van der Waals surface area (Å²) in [4.78, 5) is 26.5. The SMILES string of the molecule is CCOC(=O)COCCN(C)CC(=O)N(CC)CC. The van der Waals surface area contributed by atoms with Crippen LogP contribution in [0, 0.1) is 0 Å². The number of likely N-dealkylation sites (N-methyl/N-ethyl adjacent to an activating group) is 2. The van der Waals surface area contributed by atoms with E-state index in [1.165, 1.54) is 0 Å². The fraction of sp³-hybridized carbons (Fsp3) is 0.846. The van der Waals surface area contributed by atoms with Gasteiger partial charge in [-0.2, -0.15) is 0 Å². The molecule has 0 atom stereocenters. The Labute approximate surface area is 115 Å². The molecule has 112 valence electrons. The monoisotopic (exact) mass is 274 g/mol. The second kappa shape index (κ2) is 10.8. The molecule has 0 spiro atoms. The van der Waals surface area contributed by atoms with Crippen LogP contribution < -0.4 is 0 Å². The van der Waals surface area contributed by atoms with Crippen LogP contribution in [-0.4, -0.2) is 74.7 Å². The first-order chi connectivity index (χ1) is 9.04. The van der Waals surface area contributed by atoms with E-state index in [9.17, 15) is 9.59 Å². The number of carbonyl (C=O) groups is 2. The summed E-state index contributed by atoms with van der Waals surface area (Å²) >= 11 is 0. The van der Waals surface area contributed by atoms with Gasteiger partial charge in [0.25, 0.3) is 0 Å². The van der Waals surface area contributed by atoms with Crippen LogP contribution in [-0.2, 0) is 19.1 Å². The average Bonchev–Trinajstić information content (AvgIpc) is 2.36. The summed E-state index contributed by atoms with van der Waals surface area (Å²) < 4.78 is 9.91. The lowest BCUT2D eigenvalue weighted by atomic mass is 10.4. The molecule has 0 fully saturated rings. The smallest absolute Gasteiger partial charge is 0.332 e. The van der Waals surface area contributed by atoms with Gasteiger partial charge in [-0.3, -0.25) is 9.69 Å². The molecule has 1 amide bonds. The van der Waals surface area contributed by atoms with Crippen molar-refractivity contribution in [1.82, 2.24) is 9.80 Å². The normalized spacial score (nSPS) is 10.6. The Morgan fingerprint density at radius 2 is 1.74 bits per heavy atom. The van der Waals surface area contributed by atoms with Crippen molar-refractivity contribution in [2.24, 2.45) is 0 Å². The number of ether oxygens (including phenoxy) is 2. The average molecular weight is 274 g/mol. The topological polar surface area (TPSA) is 59.1 Å². The lowest BCUT2D eigenvalue weighted by Gasteiger charge is -2.22. The van der Waals surface area contributed by atoms with E-state index in [2.05, 4.69) is 0 Å². The fourth-order valence-corrected chi connectivity index (χ4v) is 1.56. The van der Waals surface area contributed by atoms with Gasteiger partial charge in [0.2, 0.25) is 5.91 Å². The molecule has 0 aromatic heterocycles. The minimum atomic E-state index is -0.357. The van der Waals surface area contributed by atoms with Crippen LogP contribution in [0.3, 0.4) is 0 Å². The first-order valence-electron chi connectivity index (χ1n) is 6.74.